The van der Waals surface area contributed by atoms with Gasteiger partial charge in [0.15, 0.2) is 0 Å². The number of hydrogen-bond acceptors (Lipinski definition) is 0. The molecule has 0 aliphatic heterocycles. The molecule has 3 aromatic rings. The first-order chi connectivity index (χ1) is 10.8. The van der Waals surface area contributed by atoms with Crippen molar-refractivity contribution in [1.29, 1.82) is 0 Å². The molecule has 106 valence electrons. The molecular formula is C22H18. The van der Waals surface area contributed by atoms with Crippen LogP contribution in [-0.2, 0) is 0 Å². The molecule has 0 saturated heterocycles. The van der Waals surface area contributed by atoms with Crippen molar-refractivity contribution in [3.8, 4) is 23.7 Å². The van der Waals surface area contributed by atoms with Gasteiger partial charge in [0, 0.05) is 24.0 Å². The van der Waals surface area contributed by atoms with Crippen LogP contribution in [0.4, 0.5) is 0 Å². The van der Waals surface area contributed by atoms with Gasteiger partial charge in [-0.2, -0.15) is 0 Å². The molecule has 0 fully saturated rings. The third-order valence-corrected chi connectivity index (χ3v) is 3.61. The molecule has 0 unspecified atom stereocenters. The first kappa shape index (κ1) is 14.2. The molecule has 22 heavy (non-hydrogen) atoms. The highest BCUT2D eigenvalue weighted by molar-refractivity contribution is 5.99. The minimum Gasteiger partial charge on any atom is -0.0982 e. The highest BCUT2D eigenvalue weighted by atomic mass is 14.0. The molecule has 0 heteroatoms. The van der Waals surface area contributed by atoms with Crippen LogP contribution < -0.4 is 0 Å². The fraction of sp³-hybridized carbons (Fsp3) is 0.182. The van der Waals surface area contributed by atoms with Crippen LogP contribution in [0.15, 0.2) is 48.5 Å². The zero-order valence-electron chi connectivity index (χ0n) is 13.0. The lowest BCUT2D eigenvalue weighted by molar-refractivity contribution is 1.28. The fourth-order valence-corrected chi connectivity index (χ4v) is 2.53. The Morgan fingerprint density at radius 2 is 1.05 bits per heavy atom. The second-order valence-corrected chi connectivity index (χ2v) is 5.29. The Bertz CT molecular complexity index is 872. The molecule has 3 rings (SSSR count). The molecule has 0 N–H and O–H groups in total. The number of hydrogen-bond donors (Lipinski definition) is 0. The van der Waals surface area contributed by atoms with E-state index in [1.807, 2.05) is 0 Å². The third kappa shape index (κ3) is 2.98. The van der Waals surface area contributed by atoms with E-state index in [-0.39, 0.29) is 0 Å². The zero-order valence-corrected chi connectivity index (χ0v) is 13.0. The normalized spacial score (nSPS) is 9.91. The van der Waals surface area contributed by atoms with Crippen molar-refractivity contribution >= 4 is 21.5 Å². The van der Waals surface area contributed by atoms with Gasteiger partial charge in [0.05, 0.1) is 0 Å². The van der Waals surface area contributed by atoms with E-state index in [1.165, 1.54) is 21.5 Å². The quantitative estimate of drug-likeness (QED) is 0.376. The van der Waals surface area contributed by atoms with Crippen LogP contribution in [0.2, 0.25) is 0 Å². The van der Waals surface area contributed by atoms with Crippen LogP contribution in [0, 0.1) is 23.7 Å². The van der Waals surface area contributed by atoms with E-state index in [9.17, 15) is 0 Å². The summed E-state index contributed by atoms with van der Waals surface area (Å²) in [6.45, 7) is 4.14. The highest BCUT2D eigenvalue weighted by Crippen LogP contribution is 2.24. The Balaban J connectivity index is 2.13. The summed E-state index contributed by atoms with van der Waals surface area (Å²) in [6.07, 6.45) is 1.77. The molecular weight excluding hydrogens is 264 g/mol. The maximum Gasteiger partial charge on any atom is 0.0251 e. The van der Waals surface area contributed by atoms with Crippen LogP contribution in [-0.4, -0.2) is 0 Å². The van der Waals surface area contributed by atoms with Gasteiger partial charge in [0.2, 0.25) is 0 Å². The Hall–Kier alpha value is -2.70. The van der Waals surface area contributed by atoms with Crippen LogP contribution in [0.3, 0.4) is 0 Å². The lowest BCUT2D eigenvalue weighted by atomic mass is 10.0. The predicted molar refractivity (Wildman–Crippen MR) is 95.8 cm³/mol. The topological polar surface area (TPSA) is 0 Å². The summed E-state index contributed by atoms with van der Waals surface area (Å²) in [5, 5.41) is 4.97. The van der Waals surface area contributed by atoms with E-state index in [1.54, 1.807) is 0 Å². The SMILES string of the molecule is CCC#Cc1ccc2cc3cc(C#CCC)ccc3cc2c1. The standard InChI is InChI=1S/C22H18/c1-3-5-7-17-9-11-19-16-22-14-18(8-6-4-2)10-12-20(22)15-21(19)13-17/h9-16H,3-4H2,1-2H3. The fourth-order valence-electron chi connectivity index (χ4n) is 2.53. The van der Waals surface area contributed by atoms with Gasteiger partial charge >= 0.3 is 0 Å². The van der Waals surface area contributed by atoms with Crippen LogP contribution >= 0.6 is 0 Å². The second kappa shape index (κ2) is 6.38. The molecule has 0 bridgehead atoms. The summed E-state index contributed by atoms with van der Waals surface area (Å²) in [4.78, 5) is 0. The van der Waals surface area contributed by atoms with E-state index in [0.717, 1.165) is 24.0 Å². The second-order valence-electron chi connectivity index (χ2n) is 5.29. The van der Waals surface area contributed by atoms with Crippen molar-refractivity contribution in [1.82, 2.24) is 0 Å². The first-order valence-corrected chi connectivity index (χ1v) is 7.75. The van der Waals surface area contributed by atoms with Crippen molar-refractivity contribution in [2.75, 3.05) is 0 Å². The van der Waals surface area contributed by atoms with Gasteiger partial charge in [0.1, 0.15) is 0 Å². The molecule has 0 amide bonds. The highest BCUT2D eigenvalue weighted by Gasteiger charge is 2.00. The Morgan fingerprint density at radius 3 is 1.45 bits per heavy atom. The van der Waals surface area contributed by atoms with Gasteiger partial charge in [-0.15, -0.1) is 0 Å². The summed E-state index contributed by atoms with van der Waals surface area (Å²) in [5.41, 5.74) is 2.17. The molecule has 3 aromatic carbocycles. The van der Waals surface area contributed by atoms with Crippen LogP contribution in [0.25, 0.3) is 21.5 Å². The maximum absolute atomic E-state index is 3.20. The van der Waals surface area contributed by atoms with Crippen LogP contribution in [0.1, 0.15) is 37.8 Å². The molecule has 0 saturated carbocycles. The average molecular weight is 282 g/mol. The Labute approximate surface area is 132 Å². The van der Waals surface area contributed by atoms with Gasteiger partial charge < -0.3 is 0 Å². The summed E-state index contributed by atoms with van der Waals surface area (Å²) in [7, 11) is 0. The van der Waals surface area contributed by atoms with Crippen molar-refractivity contribution in [2.45, 2.75) is 26.7 Å². The first-order valence-electron chi connectivity index (χ1n) is 7.75. The predicted octanol–water partition coefficient (Wildman–Crippen LogP) is 5.52. The van der Waals surface area contributed by atoms with E-state index >= 15 is 0 Å². The number of fused-ring (bicyclic) bond motifs is 2. The van der Waals surface area contributed by atoms with Gasteiger partial charge in [-0.3, -0.25) is 0 Å². The van der Waals surface area contributed by atoms with E-state index < -0.39 is 0 Å². The summed E-state index contributed by atoms with van der Waals surface area (Å²) in [6, 6.07) is 17.3. The number of rotatable bonds is 0. The van der Waals surface area contributed by atoms with Crippen LogP contribution in [0.5, 0.6) is 0 Å². The molecule has 0 spiro atoms. The number of benzene rings is 3. The monoisotopic (exact) mass is 282 g/mol. The third-order valence-electron chi connectivity index (χ3n) is 3.61. The van der Waals surface area contributed by atoms with Crippen molar-refractivity contribution in [3.05, 3.63) is 59.7 Å². The lowest BCUT2D eigenvalue weighted by Gasteiger charge is -2.04. The minimum absolute atomic E-state index is 0.886. The molecule has 0 atom stereocenters. The van der Waals surface area contributed by atoms with Crippen molar-refractivity contribution in [2.24, 2.45) is 0 Å². The molecule has 0 nitrogen and oxygen atoms in total. The van der Waals surface area contributed by atoms with E-state index in [0.29, 0.717) is 0 Å². The maximum atomic E-state index is 3.20. The lowest BCUT2D eigenvalue weighted by Crippen LogP contribution is -1.81. The van der Waals surface area contributed by atoms with Gasteiger partial charge in [-0.05, 0) is 57.9 Å². The average Bonchev–Trinajstić information content (AvgIpc) is 2.56. The minimum atomic E-state index is 0.886. The molecule has 0 aliphatic carbocycles. The zero-order chi connectivity index (χ0) is 15.4. The van der Waals surface area contributed by atoms with E-state index in [2.05, 4.69) is 86.1 Å². The van der Waals surface area contributed by atoms with Gasteiger partial charge in [-0.1, -0.05) is 49.7 Å². The summed E-state index contributed by atoms with van der Waals surface area (Å²) >= 11 is 0. The smallest absolute Gasteiger partial charge is 0.0251 e. The molecule has 0 aromatic heterocycles. The van der Waals surface area contributed by atoms with Gasteiger partial charge in [0.25, 0.3) is 0 Å². The van der Waals surface area contributed by atoms with Crippen molar-refractivity contribution in [3.63, 3.8) is 0 Å². The van der Waals surface area contributed by atoms with Gasteiger partial charge in [-0.25, -0.2) is 0 Å². The Morgan fingerprint density at radius 1 is 0.591 bits per heavy atom. The summed E-state index contributed by atoms with van der Waals surface area (Å²) in [5.74, 6) is 12.7. The van der Waals surface area contributed by atoms with E-state index in [4.69, 9.17) is 0 Å². The molecule has 0 radical (unpaired) electrons. The molecule has 0 heterocycles. The van der Waals surface area contributed by atoms with Crippen molar-refractivity contribution < 1.29 is 0 Å². The Kier molecular flexibility index (Phi) is 4.13. The molecule has 0 aliphatic rings. The summed E-state index contributed by atoms with van der Waals surface area (Å²) < 4.78 is 0. The largest absolute Gasteiger partial charge is 0.0982 e.